The molecule has 8 aliphatic heterocycles. The molecule has 4 unspecified atom stereocenters. The van der Waals surface area contributed by atoms with Crippen molar-refractivity contribution in [2.75, 3.05) is 33.9 Å². The number of carbonyl (C=O) groups is 5. The largest absolute Gasteiger partial charge is 0.481 e. The molecule has 0 spiro atoms. The van der Waals surface area contributed by atoms with Gasteiger partial charge in [0.05, 0.1) is 161 Å². The van der Waals surface area contributed by atoms with Gasteiger partial charge >= 0.3 is 30.0 Å². The van der Waals surface area contributed by atoms with Crippen LogP contribution in [0.25, 0.3) is 0 Å². The van der Waals surface area contributed by atoms with Crippen molar-refractivity contribution in [3.05, 3.63) is 195 Å². The number of amides is 1. The van der Waals surface area contributed by atoms with Crippen molar-refractivity contribution >= 4 is 37.8 Å². The number of unbranched alkanes of at least 4 members (excludes halogenated alkanes) is 2. The van der Waals surface area contributed by atoms with Crippen molar-refractivity contribution < 1.29 is 177 Å². The van der Waals surface area contributed by atoms with Gasteiger partial charge in [0.2, 0.25) is 0 Å². The van der Waals surface area contributed by atoms with Crippen LogP contribution >= 0.6 is 0 Å². The van der Waals surface area contributed by atoms with Gasteiger partial charge in [0.25, 0.3) is 0 Å². The summed E-state index contributed by atoms with van der Waals surface area (Å²) in [7, 11) is 6.63. The molecule has 0 aromatic carbocycles. The fourth-order valence-electron chi connectivity index (χ4n) is 18.2. The van der Waals surface area contributed by atoms with E-state index >= 15 is 0 Å². The Kier molecular flexibility index (Phi) is 59.3. The van der Waals surface area contributed by atoms with E-state index in [0.29, 0.717) is 12.8 Å². The van der Waals surface area contributed by atoms with Crippen molar-refractivity contribution in [1.82, 2.24) is 5.32 Å². The number of carboxylic acid groups (broad SMARTS) is 1. The number of alkyl carbamates (subject to hydrolysis) is 1. The van der Waals surface area contributed by atoms with Gasteiger partial charge in [0.1, 0.15) is 69.2 Å². The lowest BCUT2D eigenvalue weighted by atomic mass is 9.82. The number of hydrogen-bond donors (Lipinski definition) is 18. The van der Waals surface area contributed by atoms with Crippen LogP contribution in [0, 0.1) is 35.5 Å². The quantitative estimate of drug-likeness (QED) is 0.0248. The number of nitrogens with two attached hydrogens (primary N) is 1. The third kappa shape index (κ3) is 45.0. The monoisotopic (exact) mass is 2090 g/mol. The molecule has 8 rings (SSSR count). The molecule has 0 aliphatic carbocycles. The molecule has 2 radical (unpaired) electrons. The SMILES string of the molecule is C=CCOC(=O)N[C@@H]1[C@H](O)[C@H](O[C@H]2/C=C/C=C/C=C/C=C/C=C/C=C/C=C/C(C)[C@@H](O)[C@@H](C)[C@H](C)OC(=O)C[C@H]3C[C@@H](CC[C@@H](O)[C@H]4C[C@@H](C[C@]5(OC)C[C@H](O)[C@@H](C(=O)OCC=C)C(C2)O5)OCO4)OCO3)O[C@H](C)[C@H]1O.CC1/C=C/C=C/C=C/C=C/C=C/C=C/C=C/[C@H](O[C@@H]2O[C@H](C)[C@@H](O)[C@H](N)[C@@H]2O)CC2O[C@](O)(C[C@@H](O)C[C@@H](O)[C@H](O)CC[C@@H](O)C[C@@H](O)CC(=O)O[C@@H](C)[C@H](C)[C@@H]1O)C[C@H](O)[C@H]2C(=O)O.[B]CCCCC. The molecule has 6 fully saturated rings. The Labute approximate surface area is 871 Å². The Bertz CT molecular complexity index is 4340. The first-order valence-corrected chi connectivity index (χ1v) is 51.5. The van der Waals surface area contributed by atoms with Gasteiger partial charge in [0.15, 0.2) is 24.2 Å². The number of aliphatic hydroxyl groups excluding tert-OH is 14. The normalized spacial score (nSPS) is 41.9. The molecule has 38 nitrogen and oxygen atoms in total. The predicted octanol–water partition coefficient (Wildman–Crippen LogP) is 7.48. The van der Waals surface area contributed by atoms with E-state index in [4.69, 9.17) is 84.6 Å². The Morgan fingerprint density at radius 1 is 0.453 bits per heavy atom. The molecular formula is C109H167BN2O36. The van der Waals surface area contributed by atoms with Gasteiger partial charge in [0, 0.05) is 88.6 Å². The van der Waals surface area contributed by atoms with Gasteiger partial charge in [-0.3, -0.25) is 19.2 Å². The van der Waals surface area contributed by atoms with Gasteiger partial charge in [-0.15, -0.1) is 0 Å². The Morgan fingerprint density at radius 2 is 0.919 bits per heavy atom. The fraction of sp³-hybridized carbons (Fsp3) is 0.661. The summed E-state index contributed by atoms with van der Waals surface area (Å²) in [4.78, 5) is 64.6. The third-order valence-corrected chi connectivity index (χ3v) is 27.2. The summed E-state index contributed by atoms with van der Waals surface area (Å²) in [6.07, 6.45) is 22.9. The van der Waals surface area contributed by atoms with Crippen molar-refractivity contribution in [3.8, 4) is 0 Å². The van der Waals surface area contributed by atoms with Crippen molar-refractivity contribution in [1.29, 1.82) is 0 Å². The molecule has 1 amide bonds. The zero-order valence-corrected chi connectivity index (χ0v) is 87.0. The zero-order valence-electron chi connectivity index (χ0n) is 87.0. The van der Waals surface area contributed by atoms with Crippen molar-refractivity contribution in [3.63, 3.8) is 0 Å². The maximum atomic E-state index is 13.8. The first-order valence-electron chi connectivity index (χ1n) is 51.5. The second-order valence-electron chi connectivity index (χ2n) is 39.1. The van der Waals surface area contributed by atoms with E-state index in [0.717, 1.165) is 6.32 Å². The van der Waals surface area contributed by atoms with Crippen LogP contribution in [0.4, 0.5) is 4.79 Å². The number of carbonyl (C=O) groups excluding carboxylic acids is 4. The highest BCUT2D eigenvalue weighted by atomic mass is 16.7. The Hall–Kier alpha value is -8.03. The van der Waals surface area contributed by atoms with Gasteiger partial charge < -0.3 is 164 Å². The van der Waals surface area contributed by atoms with E-state index < -0.39 is 262 Å². The smallest absolute Gasteiger partial charge is 0.407 e. The van der Waals surface area contributed by atoms with Crippen LogP contribution in [0.5, 0.6) is 0 Å². The molecule has 0 aromatic heterocycles. The van der Waals surface area contributed by atoms with Crippen LogP contribution in [-0.4, -0.2) is 348 Å². The van der Waals surface area contributed by atoms with E-state index in [1.807, 2.05) is 87.6 Å². The summed E-state index contributed by atoms with van der Waals surface area (Å²) in [5, 5.41) is 178. The van der Waals surface area contributed by atoms with Crippen LogP contribution in [0.3, 0.4) is 0 Å². The number of fused-ring (bicyclic) bond motifs is 8. The van der Waals surface area contributed by atoms with Crippen LogP contribution in [-0.2, 0) is 90.2 Å². The molecule has 0 aromatic rings. The Morgan fingerprint density at radius 3 is 1.43 bits per heavy atom. The maximum absolute atomic E-state index is 13.8. The number of carboxylic acids is 1. The molecule has 6 saturated heterocycles. The topological polar surface area (TPSA) is 586 Å². The molecule has 19 N–H and O–H groups in total. The lowest BCUT2D eigenvalue weighted by molar-refractivity contribution is -0.324. The summed E-state index contributed by atoms with van der Waals surface area (Å²) in [5.41, 5.74) is 6.02. The highest BCUT2D eigenvalue weighted by Gasteiger charge is 2.55. The van der Waals surface area contributed by atoms with Crippen LogP contribution in [0.2, 0.25) is 6.32 Å². The lowest BCUT2D eigenvalue weighted by Crippen LogP contribution is -2.64. The number of esters is 3. The molecule has 148 heavy (non-hydrogen) atoms. The number of hydrogen-bond acceptors (Lipinski definition) is 36. The minimum Gasteiger partial charge on any atom is -0.481 e. The van der Waals surface area contributed by atoms with E-state index in [-0.39, 0.29) is 115 Å². The van der Waals surface area contributed by atoms with E-state index in [2.05, 4.69) is 25.4 Å². The summed E-state index contributed by atoms with van der Waals surface area (Å²) in [6.45, 7) is 22.7. The van der Waals surface area contributed by atoms with Gasteiger partial charge in [-0.05, 0) is 59.8 Å². The molecule has 38 atom stereocenters. The first-order chi connectivity index (χ1) is 70.5. The van der Waals surface area contributed by atoms with Gasteiger partial charge in [-0.25, -0.2) is 4.79 Å². The molecule has 832 valence electrons. The number of cyclic esters (lactones) is 2. The summed E-state index contributed by atoms with van der Waals surface area (Å²) >= 11 is 0. The molecule has 8 aliphatic rings. The molecule has 39 heteroatoms. The first kappa shape index (κ1) is 129. The molecule has 8 heterocycles. The highest BCUT2D eigenvalue weighted by molar-refractivity contribution is 6.08. The van der Waals surface area contributed by atoms with E-state index in [1.165, 1.54) is 51.5 Å². The number of allylic oxidation sites excluding steroid dienone is 24. The average Bonchev–Trinajstić information content (AvgIpc) is 0.767. The second kappa shape index (κ2) is 68.2. The van der Waals surface area contributed by atoms with Crippen LogP contribution < -0.4 is 11.1 Å². The second-order valence-corrected chi connectivity index (χ2v) is 39.1. The number of ether oxygens (including phenoxy) is 15. The average molecular weight is 2090 g/mol. The van der Waals surface area contributed by atoms with Crippen LogP contribution in [0.1, 0.15) is 184 Å². The van der Waals surface area contributed by atoms with Crippen molar-refractivity contribution in [2.45, 2.75) is 386 Å². The third-order valence-electron chi connectivity index (χ3n) is 27.2. The number of nitrogens with one attached hydrogen (secondary N) is 1. The number of aliphatic hydroxyl groups is 15. The number of rotatable bonds is 15. The Balaban J connectivity index is 0.000000433. The highest BCUT2D eigenvalue weighted by Crippen LogP contribution is 2.44. The minimum absolute atomic E-state index is 0.00652. The summed E-state index contributed by atoms with van der Waals surface area (Å²) < 4.78 is 88.3. The van der Waals surface area contributed by atoms with Gasteiger partial charge in [-0.2, -0.15) is 0 Å². The van der Waals surface area contributed by atoms with E-state index in [9.17, 15) is 106 Å². The lowest BCUT2D eigenvalue weighted by Gasteiger charge is -2.48. The maximum Gasteiger partial charge on any atom is 0.407 e. The number of methoxy groups -OCH3 is 1. The standard InChI is InChI=1S/C57H83NO19.C47H73NO17.C5H11B/c1-8-26-68-54(65)49-45(60)33-57(67-7)32-43-30-46(73-35-72-43)44(59)25-24-40-28-42(71-34-70-40)31-48(61)74-38(5)37(4)51(62)36(3)22-20-18-16-14-12-10-11-13-15-17-19-21-23-41(29-47(49)77-57)76-55-53(64)50(52(63)39(6)75-55)58-56(66)69-27-9-2;1-27-17-15-13-11-9-7-5-6-8-10-12-14-16-18-34(64-46-44(58)41(48)43(57)30(4)63-46)24-38-40(45(59)60)37(54)26-47(61,65-38)25-33(51)22-36(53)35(52)20-19-31(49)21-32(50)23-39(55)62-29(3)28(2)42(27)56;1-2-3-4-5-6/h8-23,36-47,49-53,55,59-60,62-64H,1-2,24-35H2,3-7H3,(H,58,66);5-18,27-38,40-44,46,49-54,56-58,61H,19-26,48H2,1-4H3,(H,59,60);2-5H2,1H3/b11-10+,14-12+,15-13+,18-16+,19-17+,22-20+,23-21+;6-5+,9-7+,10-8+,13-11+,14-12+,17-15+,18-16+;/t36?,37-,38-,39+,40+,41-,42+,43-,44+,45-,46+,47?,49+,50-,51+,52+,53-,55-,57+;27?,28-,29-,30+,31+,32+,33-,34-,35+,36+,37-,38?,40+,41-,42+,43+,44-,46-,47+;/m00./s1. The van der Waals surface area contributed by atoms with E-state index in [1.54, 1.807) is 125 Å². The molecule has 0 saturated carbocycles. The molecular weight excluding hydrogens is 1920 g/mol. The minimum atomic E-state index is -2.33. The van der Waals surface area contributed by atoms with Gasteiger partial charge in [-0.1, -0.05) is 256 Å². The molecule has 8 bridgehead atoms. The fourth-order valence-corrected chi connectivity index (χ4v) is 18.2. The number of aliphatic carboxylic acids is 1. The summed E-state index contributed by atoms with van der Waals surface area (Å²) in [6, 6.07) is -2.44. The summed E-state index contributed by atoms with van der Waals surface area (Å²) in [5.74, 6) is -11.4. The predicted molar refractivity (Wildman–Crippen MR) is 548 cm³/mol. The van der Waals surface area contributed by atoms with Crippen LogP contribution in [0.15, 0.2) is 195 Å². The van der Waals surface area contributed by atoms with Crippen molar-refractivity contribution in [2.24, 2.45) is 41.2 Å². The zero-order chi connectivity index (χ0) is 109.